The van der Waals surface area contributed by atoms with E-state index < -0.39 is 0 Å². The smallest absolute Gasteiger partial charge is 0.128 e. The van der Waals surface area contributed by atoms with E-state index >= 15 is 0 Å². The molecule has 0 amide bonds. The van der Waals surface area contributed by atoms with Gasteiger partial charge in [-0.3, -0.25) is 0 Å². The number of benzene rings is 2. The molecular formula is C15H14BrClFN. The minimum Gasteiger partial charge on any atom is -0.377 e. The maximum Gasteiger partial charge on any atom is 0.128 e. The molecule has 19 heavy (non-hydrogen) atoms. The van der Waals surface area contributed by atoms with Crippen LogP contribution in [-0.2, 0) is 0 Å². The van der Waals surface area contributed by atoms with Gasteiger partial charge >= 0.3 is 0 Å². The first-order valence-electron chi connectivity index (χ1n) is 5.95. The highest BCUT2D eigenvalue weighted by Gasteiger charge is 2.12. The standard InChI is InChI=1S/C15H14BrClFN/c1-9-3-5-13(17)15(7-9)19-10(2)12-8-11(16)4-6-14(12)18/h3-8,10,19H,1-2H3. The summed E-state index contributed by atoms with van der Waals surface area (Å²) in [6.45, 7) is 3.90. The van der Waals surface area contributed by atoms with Gasteiger partial charge in [0.1, 0.15) is 5.82 Å². The molecule has 0 heterocycles. The Kier molecular flexibility index (Phi) is 4.48. The van der Waals surface area contributed by atoms with E-state index in [9.17, 15) is 4.39 Å². The van der Waals surface area contributed by atoms with Gasteiger partial charge in [0.05, 0.1) is 16.8 Å². The van der Waals surface area contributed by atoms with Gasteiger partial charge in [-0.05, 0) is 49.7 Å². The fourth-order valence-corrected chi connectivity index (χ4v) is 2.46. The van der Waals surface area contributed by atoms with E-state index in [1.54, 1.807) is 12.1 Å². The fraction of sp³-hybridized carbons (Fsp3) is 0.200. The summed E-state index contributed by atoms with van der Waals surface area (Å²) in [5.74, 6) is -0.230. The van der Waals surface area contributed by atoms with Crippen LogP contribution in [0.25, 0.3) is 0 Å². The van der Waals surface area contributed by atoms with E-state index in [-0.39, 0.29) is 11.9 Å². The summed E-state index contributed by atoms with van der Waals surface area (Å²) in [5.41, 5.74) is 2.52. The molecular weight excluding hydrogens is 329 g/mol. The fourth-order valence-electron chi connectivity index (χ4n) is 1.91. The van der Waals surface area contributed by atoms with E-state index in [0.29, 0.717) is 10.6 Å². The molecule has 0 aliphatic carbocycles. The average molecular weight is 343 g/mol. The Balaban J connectivity index is 2.27. The zero-order valence-electron chi connectivity index (χ0n) is 10.7. The largest absolute Gasteiger partial charge is 0.377 e. The third-order valence-corrected chi connectivity index (χ3v) is 3.74. The SMILES string of the molecule is Cc1ccc(Cl)c(NC(C)c2cc(Br)ccc2F)c1. The molecule has 1 N–H and O–H groups in total. The summed E-state index contributed by atoms with van der Waals surface area (Å²) in [5, 5.41) is 3.87. The molecule has 2 aromatic carbocycles. The molecule has 1 nitrogen and oxygen atoms in total. The maximum absolute atomic E-state index is 13.8. The number of aryl methyl sites for hydroxylation is 1. The zero-order chi connectivity index (χ0) is 14.0. The van der Waals surface area contributed by atoms with Gasteiger partial charge in [-0.25, -0.2) is 4.39 Å². The molecule has 0 fully saturated rings. The Hall–Kier alpha value is -1.06. The van der Waals surface area contributed by atoms with Gasteiger partial charge < -0.3 is 5.32 Å². The molecule has 0 saturated carbocycles. The van der Waals surface area contributed by atoms with E-state index in [2.05, 4.69) is 21.2 Å². The van der Waals surface area contributed by atoms with Gasteiger partial charge in [0, 0.05) is 10.0 Å². The van der Waals surface area contributed by atoms with E-state index in [0.717, 1.165) is 15.7 Å². The summed E-state index contributed by atoms with van der Waals surface area (Å²) >= 11 is 9.49. The zero-order valence-corrected chi connectivity index (χ0v) is 13.0. The van der Waals surface area contributed by atoms with Crippen molar-refractivity contribution < 1.29 is 4.39 Å². The molecule has 0 aliphatic rings. The van der Waals surface area contributed by atoms with E-state index in [1.165, 1.54) is 6.07 Å². The lowest BCUT2D eigenvalue weighted by Crippen LogP contribution is -2.09. The van der Waals surface area contributed by atoms with Crippen LogP contribution < -0.4 is 5.32 Å². The Morgan fingerprint density at radius 3 is 2.68 bits per heavy atom. The highest BCUT2D eigenvalue weighted by molar-refractivity contribution is 9.10. The van der Waals surface area contributed by atoms with Crippen LogP contribution in [0, 0.1) is 12.7 Å². The molecule has 0 saturated heterocycles. The topological polar surface area (TPSA) is 12.0 Å². The highest BCUT2D eigenvalue weighted by Crippen LogP contribution is 2.29. The summed E-state index contributed by atoms with van der Waals surface area (Å²) in [4.78, 5) is 0. The highest BCUT2D eigenvalue weighted by atomic mass is 79.9. The van der Waals surface area contributed by atoms with Crippen molar-refractivity contribution in [3.8, 4) is 0 Å². The number of rotatable bonds is 3. The minimum absolute atomic E-state index is 0.170. The van der Waals surface area contributed by atoms with Crippen molar-refractivity contribution in [2.75, 3.05) is 5.32 Å². The van der Waals surface area contributed by atoms with Gasteiger partial charge in [0.25, 0.3) is 0 Å². The van der Waals surface area contributed by atoms with Crippen LogP contribution in [0.15, 0.2) is 40.9 Å². The van der Waals surface area contributed by atoms with E-state index in [4.69, 9.17) is 11.6 Å². The Morgan fingerprint density at radius 2 is 1.95 bits per heavy atom. The normalized spacial score (nSPS) is 12.3. The monoisotopic (exact) mass is 341 g/mol. The van der Waals surface area contributed by atoms with Crippen LogP contribution in [0.5, 0.6) is 0 Å². The first-order chi connectivity index (χ1) is 8.97. The first kappa shape index (κ1) is 14.4. The summed E-state index contributed by atoms with van der Waals surface area (Å²) < 4.78 is 14.7. The predicted octanol–water partition coefficient (Wildman–Crippen LogP) is 5.72. The number of anilines is 1. The second kappa shape index (κ2) is 5.93. The molecule has 0 spiro atoms. The third kappa shape index (κ3) is 3.48. The number of hydrogen-bond acceptors (Lipinski definition) is 1. The van der Waals surface area contributed by atoms with Gasteiger partial charge in [-0.2, -0.15) is 0 Å². The molecule has 2 rings (SSSR count). The van der Waals surface area contributed by atoms with Crippen molar-refractivity contribution in [3.05, 3.63) is 62.8 Å². The average Bonchev–Trinajstić information content (AvgIpc) is 2.36. The molecule has 4 heteroatoms. The van der Waals surface area contributed by atoms with Crippen LogP contribution in [0.2, 0.25) is 5.02 Å². The first-order valence-corrected chi connectivity index (χ1v) is 7.12. The van der Waals surface area contributed by atoms with Crippen LogP contribution in [-0.4, -0.2) is 0 Å². The van der Waals surface area contributed by atoms with Crippen LogP contribution in [0.3, 0.4) is 0 Å². The van der Waals surface area contributed by atoms with Crippen molar-refractivity contribution in [1.82, 2.24) is 0 Å². The second-order valence-corrected chi connectivity index (χ2v) is 5.84. The Bertz CT molecular complexity index is 601. The molecule has 2 aromatic rings. The van der Waals surface area contributed by atoms with Gasteiger partial charge in [-0.15, -0.1) is 0 Å². The van der Waals surface area contributed by atoms with Crippen LogP contribution in [0.4, 0.5) is 10.1 Å². The van der Waals surface area contributed by atoms with E-state index in [1.807, 2.05) is 32.0 Å². The number of halogens is 3. The van der Waals surface area contributed by atoms with Crippen LogP contribution in [0.1, 0.15) is 24.1 Å². The van der Waals surface area contributed by atoms with Gasteiger partial charge in [-0.1, -0.05) is 33.6 Å². The lowest BCUT2D eigenvalue weighted by atomic mass is 10.1. The van der Waals surface area contributed by atoms with Crippen molar-refractivity contribution >= 4 is 33.2 Å². The molecule has 0 radical (unpaired) electrons. The summed E-state index contributed by atoms with van der Waals surface area (Å²) in [7, 11) is 0. The number of hydrogen-bond donors (Lipinski definition) is 1. The van der Waals surface area contributed by atoms with Gasteiger partial charge in [0.2, 0.25) is 0 Å². The number of nitrogens with one attached hydrogen (secondary N) is 1. The Labute approximate surface area is 125 Å². The van der Waals surface area contributed by atoms with Crippen molar-refractivity contribution in [3.63, 3.8) is 0 Å². The lowest BCUT2D eigenvalue weighted by molar-refractivity contribution is 0.600. The summed E-state index contributed by atoms with van der Waals surface area (Å²) in [6.07, 6.45) is 0. The van der Waals surface area contributed by atoms with Crippen LogP contribution >= 0.6 is 27.5 Å². The minimum atomic E-state index is -0.230. The summed E-state index contributed by atoms with van der Waals surface area (Å²) in [6, 6.07) is 10.5. The molecule has 1 atom stereocenters. The van der Waals surface area contributed by atoms with Crippen molar-refractivity contribution in [2.45, 2.75) is 19.9 Å². The van der Waals surface area contributed by atoms with Crippen molar-refractivity contribution in [1.29, 1.82) is 0 Å². The maximum atomic E-state index is 13.8. The molecule has 0 bridgehead atoms. The molecule has 100 valence electrons. The lowest BCUT2D eigenvalue weighted by Gasteiger charge is -2.18. The molecule has 0 aliphatic heterocycles. The molecule has 1 unspecified atom stereocenters. The second-order valence-electron chi connectivity index (χ2n) is 4.52. The molecule has 0 aromatic heterocycles. The quantitative estimate of drug-likeness (QED) is 0.752. The third-order valence-electron chi connectivity index (χ3n) is 2.92. The predicted molar refractivity (Wildman–Crippen MR) is 82.3 cm³/mol. The van der Waals surface area contributed by atoms with Gasteiger partial charge in [0.15, 0.2) is 0 Å². The van der Waals surface area contributed by atoms with Crippen molar-refractivity contribution in [2.24, 2.45) is 0 Å². The Morgan fingerprint density at radius 1 is 1.21 bits per heavy atom.